The normalized spacial score (nSPS) is 13.3. The van der Waals surface area contributed by atoms with Gasteiger partial charge in [0.25, 0.3) is 10.2 Å². The quantitative estimate of drug-likeness (QED) is 0.322. The number of anilines is 1. The Balaban J connectivity index is 2.62. The van der Waals surface area contributed by atoms with E-state index in [0.29, 0.717) is 16.7 Å². The van der Waals surface area contributed by atoms with E-state index in [1.54, 1.807) is 12.1 Å². The van der Waals surface area contributed by atoms with E-state index in [9.17, 15) is 13.2 Å². The number of likely N-dealkylation sites (N-methyl/N-ethyl adjacent to an activating group) is 1. The molecule has 0 aliphatic carbocycles. The second-order valence-electron chi connectivity index (χ2n) is 8.35. The van der Waals surface area contributed by atoms with Crippen LogP contribution >= 0.6 is 0 Å². The van der Waals surface area contributed by atoms with Gasteiger partial charge in [-0.3, -0.25) is 9.52 Å². The van der Waals surface area contributed by atoms with Crippen LogP contribution in [0.5, 0.6) is 0 Å². The molecule has 1 rings (SSSR count). The van der Waals surface area contributed by atoms with E-state index in [2.05, 4.69) is 16.4 Å². The van der Waals surface area contributed by atoms with Gasteiger partial charge in [0.05, 0.1) is 40.2 Å². The van der Waals surface area contributed by atoms with Crippen molar-refractivity contribution in [3.8, 4) is 0 Å². The molecule has 0 unspecified atom stereocenters. The summed E-state index contributed by atoms with van der Waals surface area (Å²) in [6.07, 6.45) is 6.81. The van der Waals surface area contributed by atoms with Gasteiger partial charge in [0.1, 0.15) is 0 Å². The van der Waals surface area contributed by atoms with Crippen molar-refractivity contribution in [2.45, 2.75) is 57.9 Å². The fourth-order valence-corrected chi connectivity index (χ4v) is 4.19. The number of nitrogens with zero attached hydrogens (tertiary/aromatic N) is 1. The third-order valence-electron chi connectivity index (χ3n) is 4.29. The van der Waals surface area contributed by atoms with Crippen LogP contribution in [-0.4, -0.2) is 57.7 Å². The van der Waals surface area contributed by atoms with Crippen LogP contribution in [0, 0.1) is 0 Å². The number of aryl methyl sites for hydroxylation is 1. The molecule has 0 heterocycles. The molecule has 0 bridgehead atoms. The SMILES string of the molecule is CCCCCCCc1ccc(NS(=O)(=O)N[C@H](CC(=O)O)C[N+](C)(C)C)cc1. The smallest absolute Gasteiger partial charge is 0.305 e. The van der Waals surface area contributed by atoms with Gasteiger partial charge < -0.3 is 9.59 Å². The van der Waals surface area contributed by atoms with E-state index >= 15 is 0 Å². The molecular formula is C20H36N3O4S+. The number of carboxylic acids is 1. The molecule has 0 radical (unpaired) electrons. The number of carbonyl (C=O) groups is 1. The first-order valence-electron chi connectivity index (χ1n) is 9.92. The Morgan fingerprint density at radius 2 is 1.68 bits per heavy atom. The second kappa shape index (κ2) is 11.4. The minimum atomic E-state index is -3.87. The van der Waals surface area contributed by atoms with Crippen molar-refractivity contribution in [2.75, 3.05) is 32.4 Å². The predicted octanol–water partition coefficient (Wildman–Crippen LogP) is 3.00. The lowest BCUT2D eigenvalue weighted by atomic mass is 10.1. The molecule has 160 valence electrons. The molecule has 0 amide bonds. The highest BCUT2D eigenvalue weighted by Crippen LogP contribution is 2.14. The topological polar surface area (TPSA) is 95.5 Å². The fraction of sp³-hybridized carbons (Fsp3) is 0.650. The summed E-state index contributed by atoms with van der Waals surface area (Å²) >= 11 is 0. The van der Waals surface area contributed by atoms with Gasteiger partial charge in [0.15, 0.2) is 0 Å². The number of benzene rings is 1. The summed E-state index contributed by atoms with van der Waals surface area (Å²) in [7, 11) is 1.79. The largest absolute Gasteiger partial charge is 0.481 e. The Bertz CT molecular complexity index is 697. The maximum atomic E-state index is 12.4. The molecule has 8 heteroatoms. The summed E-state index contributed by atoms with van der Waals surface area (Å²) in [6.45, 7) is 2.56. The summed E-state index contributed by atoms with van der Waals surface area (Å²) in [4.78, 5) is 11.1. The zero-order chi connectivity index (χ0) is 21.2. The molecule has 0 fully saturated rings. The minimum absolute atomic E-state index is 0.270. The van der Waals surface area contributed by atoms with Gasteiger partial charge >= 0.3 is 5.97 Å². The average molecular weight is 415 g/mol. The van der Waals surface area contributed by atoms with Crippen LogP contribution in [0.2, 0.25) is 0 Å². The molecule has 0 aromatic heterocycles. The summed E-state index contributed by atoms with van der Waals surface area (Å²) in [5.74, 6) is -1.04. The van der Waals surface area contributed by atoms with E-state index in [-0.39, 0.29) is 6.42 Å². The Morgan fingerprint density at radius 3 is 2.21 bits per heavy atom. The third kappa shape index (κ3) is 11.3. The standard InChI is InChI=1S/C20H35N3O4S/c1-5-6-7-8-9-10-17-11-13-18(14-12-17)21-28(26,27)22-19(15-20(24)25)16-23(2,3)4/h11-14,19,21-22H,5-10,15-16H2,1-4H3/p+1/t19-/m1/s1. The molecule has 7 nitrogen and oxygen atoms in total. The highest BCUT2D eigenvalue weighted by Gasteiger charge is 2.25. The van der Waals surface area contributed by atoms with Crippen molar-refractivity contribution in [1.82, 2.24) is 4.72 Å². The number of nitrogens with one attached hydrogen (secondary N) is 2. The molecular weight excluding hydrogens is 378 g/mol. The van der Waals surface area contributed by atoms with Crippen molar-refractivity contribution < 1.29 is 22.8 Å². The van der Waals surface area contributed by atoms with Crippen LogP contribution in [0.4, 0.5) is 5.69 Å². The first-order valence-corrected chi connectivity index (χ1v) is 11.4. The molecule has 0 aliphatic heterocycles. The molecule has 1 aromatic carbocycles. The summed E-state index contributed by atoms with van der Waals surface area (Å²) in [5.41, 5.74) is 1.64. The first-order chi connectivity index (χ1) is 13.0. The van der Waals surface area contributed by atoms with Crippen molar-refractivity contribution in [3.63, 3.8) is 0 Å². The van der Waals surface area contributed by atoms with E-state index in [1.165, 1.54) is 31.2 Å². The van der Waals surface area contributed by atoms with Gasteiger partial charge in [-0.25, -0.2) is 0 Å². The van der Waals surface area contributed by atoms with Crippen LogP contribution in [0.25, 0.3) is 0 Å². The molecule has 0 aliphatic rings. The monoisotopic (exact) mass is 414 g/mol. The van der Waals surface area contributed by atoms with Crippen LogP contribution < -0.4 is 9.44 Å². The molecule has 0 saturated heterocycles. The maximum Gasteiger partial charge on any atom is 0.305 e. The van der Waals surface area contributed by atoms with Crippen LogP contribution in [0.15, 0.2) is 24.3 Å². The molecule has 1 aromatic rings. The third-order valence-corrected chi connectivity index (χ3v) is 5.43. The average Bonchev–Trinajstić information content (AvgIpc) is 2.53. The van der Waals surface area contributed by atoms with Gasteiger partial charge in [-0.05, 0) is 30.5 Å². The number of hydrogen-bond donors (Lipinski definition) is 3. The van der Waals surface area contributed by atoms with Crippen molar-refractivity contribution >= 4 is 21.9 Å². The Morgan fingerprint density at radius 1 is 1.07 bits per heavy atom. The lowest BCUT2D eigenvalue weighted by Gasteiger charge is -2.29. The second-order valence-corrected chi connectivity index (χ2v) is 9.80. The van der Waals surface area contributed by atoms with Crippen molar-refractivity contribution in [3.05, 3.63) is 29.8 Å². The number of rotatable bonds is 14. The van der Waals surface area contributed by atoms with Gasteiger partial charge in [0.2, 0.25) is 0 Å². The Hall–Kier alpha value is -1.64. The van der Waals surface area contributed by atoms with Crippen LogP contribution in [0.3, 0.4) is 0 Å². The maximum absolute atomic E-state index is 12.4. The molecule has 28 heavy (non-hydrogen) atoms. The molecule has 0 saturated carbocycles. The molecule has 0 spiro atoms. The summed E-state index contributed by atoms with van der Waals surface area (Å²) in [5, 5.41) is 9.05. The number of unbranched alkanes of at least 4 members (excludes halogenated alkanes) is 4. The van der Waals surface area contributed by atoms with Gasteiger partial charge in [-0.1, -0.05) is 44.7 Å². The van der Waals surface area contributed by atoms with E-state index in [4.69, 9.17) is 5.11 Å². The fourth-order valence-electron chi connectivity index (χ4n) is 3.09. The Labute approximate surface area is 169 Å². The van der Waals surface area contributed by atoms with E-state index in [0.717, 1.165) is 12.8 Å². The lowest BCUT2D eigenvalue weighted by molar-refractivity contribution is -0.871. The van der Waals surface area contributed by atoms with Crippen molar-refractivity contribution in [1.29, 1.82) is 0 Å². The summed E-state index contributed by atoms with van der Waals surface area (Å²) in [6, 6.07) is 6.65. The predicted molar refractivity (Wildman–Crippen MR) is 114 cm³/mol. The lowest BCUT2D eigenvalue weighted by Crippen LogP contribution is -2.50. The molecule has 1 atom stereocenters. The van der Waals surface area contributed by atoms with Crippen LogP contribution in [-0.2, 0) is 21.4 Å². The number of quaternary nitrogens is 1. The van der Waals surface area contributed by atoms with E-state index < -0.39 is 22.2 Å². The van der Waals surface area contributed by atoms with Gasteiger partial charge in [0, 0.05) is 5.69 Å². The number of carboxylic acid groups (broad SMARTS) is 1. The highest BCUT2D eigenvalue weighted by atomic mass is 32.2. The minimum Gasteiger partial charge on any atom is -0.481 e. The van der Waals surface area contributed by atoms with E-state index in [1.807, 2.05) is 33.3 Å². The van der Waals surface area contributed by atoms with Crippen LogP contribution in [0.1, 0.15) is 51.0 Å². The van der Waals surface area contributed by atoms with Gasteiger partial charge in [-0.15, -0.1) is 0 Å². The zero-order valence-electron chi connectivity index (χ0n) is 17.6. The zero-order valence-corrected chi connectivity index (χ0v) is 18.4. The highest BCUT2D eigenvalue weighted by molar-refractivity contribution is 7.90. The summed E-state index contributed by atoms with van der Waals surface area (Å²) < 4.78 is 30.2. The Kier molecular flexibility index (Phi) is 9.92. The first kappa shape index (κ1) is 24.4. The number of hydrogen-bond acceptors (Lipinski definition) is 3. The molecule has 3 N–H and O–H groups in total. The van der Waals surface area contributed by atoms with Gasteiger partial charge in [-0.2, -0.15) is 13.1 Å². The number of aliphatic carboxylic acids is 1. The van der Waals surface area contributed by atoms with Crippen molar-refractivity contribution in [2.24, 2.45) is 0 Å².